The number of benzene rings is 2. The number of carbonyl (C=O) groups excluding carboxylic acids is 2. The summed E-state index contributed by atoms with van der Waals surface area (Å²) in [5.74, 6) is -0.175. The standard InChI is InChI=1S/C27H26ClNO5/c1-5-32-20-10-11-25-21(13-20)17(3)26(34-25)27(31)33-15-24(30)22-12-16(2)29(18(22)4)14-19-8-6-7-9-23(19)28/h6-13H,5,14-15H2,1-4H3. The van der Waals surface area contributed by atoms with E-state index in [1.165, 1.54) is 0 Å². The van der Waals surface area contributed by atoms with Crippen molar-refractivity contribution in [2.75, 3.05) is 13.2 Å². The average molecular weight is 480 g/mol. The van der Waals surface area contributed by atoms with Gasteiger partial charge in [0.15, 0.2) is 6.61 Å². The van der Waals surface area contributed by atoms with Crippen LogP contribution in [0.3, 0.4) is 0 Å². The van der Waals surface area contributed by atoms with Crippen molar-refractivity contribution in [1.29, 1.82) is 0 Å². The van der Waals surface area contributed by atoms with E-state index in [2.05, 4.69) is 0 Å². The van der Waals surface area contributed by atoms with Crippen molar-refractivity contribution in [2.45, 2.75) is 34.2 Å². The van der Waals surface area contributed by atoms with Crippen LogP contribution in [0.1, 0.15) is 50.4 Å². The first-order chi connectivity index (χ1) is 16.3. The minimum absolute atomic E-state index is 0.0839. The van der Waals surface area contributed by atoms with Crippen molar-refractivity contribution in [3.63, 3.8) is 0 Å². The summed E-state index contributed by atoms with van der Waals surface area (Å²) in [5, 5.41) is 1.44. The molecule has 0 radical (unpaired) electrons. The number of furan rings is 1. The maximum Gasteiger partial charge on any atom is 0.375 e. The van der Waals surface area contributed by atoms with E-state index >= 15 is 0 Å². The van der Waals surface area contributed by atoms with Crippen LogP contribution in [0.5, 0.6) is 5.75 Å². The Labute approximate surface area is 203 Å². The number of nitrogens with zero attached hydrogens (tertiary/aromatic N) is 1. The Morgan fingerprint density at radius 2 is 1.82 bits per heavy atom. The number of fused-ring (bicyclic) bond motifs is 1. The Kier molecular flexibility index (Phi) is 6.80. The Bertz CT molecular complexity index is 1380. The van der Waals surface area contributed by atoms with Crippen LogP contribution in [-0.2, 0) is 11.3 Å². The maximum atomic E-state index is 12.9. The first-order valence-corrected chi connectivity index (χ1v) is 11.4. The number of halogens is 1. The molecule has 0 saturated carbocycles. The fourth-order valence-electron chi connectivity index (χ4n) is 4.05. The van der Waals surface area contributed by atoms with Gasteiger partial charge in [0.2, 0.25) is 11.5 Å². The lowest BCUT2D eigenvalue weighted by Gasteiger charge is -2.11. The Morgan fingerprint density at radius 3 is 2.56 bits per heavy atom. The van der Waals surface area contributed by atoms with E-state index in [0.29, 0.717) is 40.6 Å². The van der Waals surface area contributed by atoms with E-state index < -0.39 is 5.97 Å². The third-order valence-corrected chi connectivity index (χ3v) is 6.27. The zero-order chi connectivity index (χ0) is 24.4. The summed E-state index contributed by atoms with van der Waals surface area (Å²) >= 11 is 6.30. The highest BCUT2D eigenvalue weighted by atomic mass is 35.5. The molecule has 176 valence electrons. The van der Waals surface area contributed by atoms with Crippen LogP contribution in [0.2, 0.25) is 5.02 Å². The van der Waals surface area contributed by atoms with Gasteiger partial charge in [0.1, 0.15) is 11.3 Å². The molecule has 0 atom stereocenters. The zero-order valence-corrected chi connectivity index (χ0v) is 20.4. The van der Waals surface area contributed by atoms with E-state index in [9.17, 15) is 9.59 Å². The lowest BCUT2D eigenvalue weighted by molar-refractivity contribution is 0.0445. The van der Waals surface area contributed by atoms with Gasteiger partial charge in [-0.25, -0.2) is 4.79 Å². The minimum Gasteiger partial charge on any atom is -0.494 e. The van der Waals surface area contributed by atoms with Gasteiger partial charge in [-0.2, -0.15) is 0 Å². The van der Waals surface area contributed by atoms with Gasteiger partial charge in [0.25, 0.3) is 0 Å². The summed E-state index contributed by atoms with van der Waals surface area (Å²) in [4.78, 5) is 25.6. The molecule has 0 spiro atoms. The molecule has 2 aromatic heterocycles. The number of hydrogen-bond acceptors (Lipinski definition) is 5. The van der Waals surface area contributed by atoms with Crippen molar-refractivity contribution in [2.24, 2.45) is 0 Å². The Balaban J connectivity index is 1.48. The fraction of sp³-hybridized carbons (Fsp3) is 0.259. The van der Waals surface area contributed by atoms with E-state index in [0.717, 1.165) is 22.3 Å². The third-order valence-electron chi connectivity index (χ3n) is 5.90. The van der Waals surface area contributed by atoms with Crippen LogP contribution in [0.25, 0.3) is 11.0 Å². The molecule has 0 bridgehead atoms. The van der Waals surface area contributed by atoms with Gasteiger partial charge >= 0.3 is 5.97 Å². The van der Waals surface area contributed by atoms with Crippen molar-refractivity contribution >= 4 is 34.3 Å². The summed E-state index contributed by atoms with van der Waals surface area (Å²) in [6.45, 7) is 8.20. The number of aryl methyl sites for hydroxylation is 2. The quantitative estimate of drug-likeness (QED) is 0.219. The Morgan fingerprint density at radius 1 is 1.06 bits per heavy atom. The highest BCUT2D eigenvalue weighted by Gasteiger charge is 2.22. The van der Waals surface area contributed by atoms with Gasteiger partial charge in [-0.05, 0) is 63.6 Å². The van der Waals surface area contributed by atoms with Crippen LogP contribution < -0.4 is 4.74 Å². The minimum atomic E-state index is -0.676. The molecular weight excluding hydrogens is 454 g/mol. The van der Waals surface area contributed by atoms with Crippen LogP contribution in [0, 0.1) is 20.8 Å². The first kappa shape index (κ1) is 23.6. The molecule has 0 aliphatic carbocycles. The predicted octanol–water partition coefficient (Wildman–Crippen LogP) is 6.30. The second-order valence-electron chi connectivity index (χ2n) is 8.11. The number of rotatable bonds is 8. The molecule has 34 heavy (non-hydrogen) atoms. The number of ketones is 1. The average Bonchev–Trinajstić information content (AvgIpc) is 3.30. The van der Waals surface area contributed by atoms with E-state index in [-0.39, 0.29) is 18.2 Å². The second kappa shape index (κ2) is 9.77. The number of Topliss-reactive ketones (excluding diaryl/α,β-unsaturated/α-hetero) is 1. The van der Waals surface area contributed by atoms with Crippen molar-refractivity contribution in [1.82, 2.24) is 4.57 Å². The van der Waals surface area contributed by atoms with Crippen LogP contribution in [-0.4, -0.2) is 29.5 Å². The summed E-state index contributed by atoms with van der Waals surface area (Å²) < 4.78 is 18.6. The lowest BCUT2D eigenvalue weighted by atomic mass is 10.1. The molecule has 2 heterocycles. The largest absolute Gasteiger partial charge is 0.494 e. The molecule has 0 unspecified atom stereocenters. The van der Waals surface area contributed by atoms with Crippen LogP contribution >= 0.6 is 11.6 Å². The first-order valence-electron chi connectivity index (χ1n) is 11.1. The summed E-state index contributed by atoms with van der Waals surface area (Å²) in [5.41, 5.74) is 4.39. The van der Waals surface area contributed by atoms with Crippen molar-refractivity contribution in [3.8, 4) is 5.75 Å². The molecule has 0 saturated heterocycles. The highest BCUT2D eigenvalue weighted by molar-refractivity contribution is 6.31. The monoisotopic (exact) mass is 479 g/mol. The fourth-order valence-corrected chi connectivity index (χ4v) is 4.24. The molecule has 2 aromatic carbocycles. The van der Waals surface area contributed by atoms with Gasteiger partial charge in [-0.15, -0.1) is 0 Å². The molecular formula is C27H26ClNO5. The lowest BCUT2D eigenvalue weighted by Crippen LogP contribution is -2.15. The second-order valence-corrected chi connectivity index (χ2v) is 8.52. The summed E-state index contributed by atoms with van der Waals surface area (Å²) in [6.07, 6.45) is 0. The van der Waals surface area contributed by atoms with E-state index in [4.69, 9.17) is 25.5 Å². The van der Waals surface area contributed by atoms with Crippen LogP contribution in [0.15, 0.2) is 52.9 Å². The topological polar surface area (TPSA) is 70.7 Å². The number of ether oxygens (including phenoxy) is 2. The van der Waals surface area contributed by atoms with Crippen molar-refractivity contribution in [3.05, 3.63) is 87.4 Å². The van der Waals surface area contributed by atoms with Gasteiger partial charge in [-0.3, -0.25) is 4.79 Å². The molecule has 0 N–H and O–H groups in total. The van der Waals surface area contributed by atoms with Gasteiger partial charge in [0.05, 0.1) is 6.61 Å². The summed E-state index contributed by atoms with van der Waals surface area (Å²) in [6, 6.07) is 14.8. The summed E-state index contributed by atoms with van der Waals surface area (Å²) in [7, 11) is 0. The number of aromatic nitrogens is 1. The maximum absolute atomic E-state index is 12.9. The molecule has 0 aliphatic rings. The smallest absolute Gasteiger partial charge is 0.375 e. The SMILES string of the molecule is CCOc1ccc2oc(C(=O)OCC(=O)c3cc(C)n(Cc4ccccc4Cl)c3C)c(C)c2c1. The number of carbonyl (C=O) groups is 2. The molecule has 7 heteroatoms. The normalized spacial score (nSPS) is 11.1. The Hall–Kier alpha value is -3.51. The van der Waals surface area contributed by atoms with Gasteiger partial charge < -0.3 is 18.5 Å². The third kappa shape index (κ3) is 4.59. The molecule has 0 amide bonds. The molecule has 0 fully saturated rings. The van der Waals surface area contributed by atoms with Crippen molar-refractivity contribution < 1.29 is 23.5 Å². The predicted molar refractivity (Wildman–Crippen MR) is 131 cm³/mol. The highest BCUT2D eigenvalue weighted by Crippen LogP contribution is 2.29. The zero-order valence-electron chi connectivity index (χ0n) is 19.6. The van der Waals surface area contributed by atoms with Gasteiger partial charge in [-0.1, -0.05) is 29.8 Å². The number of hydrogen-bond donors (Lipinski definition) is 0. The van der Waals surface area contributed by atoms with E-state index in [1.54, 1.807) is 19.1 Å². The molecule has 6 nitrogen and oxygen atoms in total. The van der Waals surface area contributed by atoms with Gasteiger partial charge in [0, 0.05) is 39.5 Å². The van der Waals surface area contributed by atoms with E-state index in [1.807, 2.05) is 61.7 Å². The molecule has 4 rings (SSSR count). The molecule has 0 aliphatic heterocycles. The number of esters is 1. The van der Waals surface area contributed by atoms with Crippen LogP contribution in [0.4, 0.5) is 0 Å². The molecule has 4 aromatic rings.